The summed E-state index contributed by atoms with van der Waals surface area (Å²) in [7, 11) is 4.04. The number of fused-ring (bicyclic) bond motifs is 1. The van der Waals surface area contributed by atoms with Crippen LogP contribution in [0, 0.1) is 0 Å². The zero-order valence-electron chi connectivity index (χ0n) is 13.4. The maximum Gasteiger partial charge on any atom is 0.180 e. The molecule has 6 nitrogen and oxygen atoms in total. The summed E-state index contributed by atoms with van der Waals surface area (Å²) in [5, 5.41) is 6.47. The molecule has 2 aromatic heterocycles. The lowest BCUT2D eigenvalue weighted by atomic mass is 10.2. The summed E-state index contributed by atoms with van der Waals surface area (Å²) in [6.07, 6.45) is 7.96. The van der Waals surface area contributed by atoms with Crippen molar-refractivity contribution in [1.29, 1.82) is 0 Å². The number of anilines is 2. The van der Waals surface area contributed by atoms with Gasteiger partial charge in [0.2, 0.25) is 0 Å². The van der Waals surface area contributed by atoms with Crippen LogP contribution in [0.3, 0.4) is 0 Å². The Bertz CT molecular complexity index is 562. The van der Waals surface area contributed by atoms with E-state index in [0.717, 1.165) is 36.8 Å². The van der Waals surface area contributed by atoms with Crippen molar-refractivity contribution < 1.29 is 0 Å². The standard InChI is InChI=1S/C15H26N6/c1-12(2)20(4)9-6-5-7-17-14-15-18-8-10-21(15)11-13(16-3)19-14/h8,10-12,16H,5-7,9H2,1-4H3,(H,17,19). The Kier molecular flexibility index (Phi) is 5.38. The van der Waals surface area contributed by atoms with Crippen molar-refractivity contribution in [1.82, 2.24) is 19.3 Å². The fourth-order valence-corrected chi connectivity index (χ4v) is 2.12. The van der Waals surface area contributed by atoms with Gasteiger partial charge in [-0.2, -0.15) is 0 Å². The minimum atomic E-state index is 0.608. The first-order valence-corrected chi connectivity index (χ1v) is 7.57. The molecule has 0 fully saturated rings. The lowest BCUT2D eigenvalue weighted by molar-refractivity contribution is 0.269. The Morgan fingerprint density at radius 3 is 2.86 bits per heavy atom. The van der Waals surface area contributed by atoms with Crippen molar-refractivity contribution >= 4 is 17.3 Å². The molecule has 0 saturated carbocycles. The molecule has 2 aromatic rings. The molecule has 0 aromatic carbocycles. The first kappa shape index (κ1) is 15.6. The van der Waals surface area contributed by atoms with Gasteiger partial charge in [-0.05, 0) is 40.3 Å². The lowest BCUT2D eigenvalue weighted by Crippen LogP contribution is -2.27. The van der Waals surface area contributed by atoms with Crippen LogP contribution in [-0.4, -0.2) is 52.5 Å². The van der Waals surface area contributed by atoms with E-state index in [0.29, 0.717) is 6.04 Å². The van der Waals surface area contributed by atoms with Gasteiger partial charge in [0.25, 0.3) is 0 Å². The van der Waals surface area contributed by atoms with Crippen LogP contribution in [0.15, 0.2) is 18.6 Å². The van der Waals surface area contributed by atoms with Gasteiger partial charge in [0.15, 0.2) is 11.5 Å². The van der Waals surface area contributed by atoms with E-state index in [4.69, 9.17) is 0 Å². The summed E-state index contributed by atoms with van der Waals surface area (Å²) < 4.78 is 1.98. The molecule has 2 heterocycles. The molecule has 0 aliphatic rings. The largest absolute Gasteiger partial charge is 0.372 e. The van der Waals surface area contributed by atoms with Crippen molar-refractivity contribution in [3.63, 3.8) is 0 Å². The summed E-state index contributed by atoms with van der Waals surface area (Å²) in [6, 6.07) is 0.608. The molecule has 0 spiro atoms. The van der Waals surface area contributed by atoms with Gasteiger partial charge in [-0.1, -0.05) is 0 Å². The Morgan fingerprint density at radius 1 is 1.33 bits per heavy atom. The van der Waals surface area contributed by atoms with Crippen molar-refractivity contribution in [2.24, 2.45) is 0 Å². The molecule has 0 bridgehead atoms. The van der Waals surface area contributed by atoms with E-state index in [-0.39, 0.29) is 0 Å². The number of imidazole rings is 1. The van der Waals surface area contributed by atoms with Gasteiger partial charge < -0.3 is 19.9 Å². The molecule has 116 valence electrons. The van der Waals surface area contributed by atoms with E-state index in [2.05, 4.69) is 46.4 Å². The average Bonchev–Trinajstić information content (AvgIpc) is 2.94. The van der Waals surface area contributed by atoms with Crippen LogP contribution in [0.1, 0.15) is 26.7 Å². The van der Waals surface area contributed by atoms with Gasteiger partial charge in [0.05, 0.1) is 6.20 Å². The zero-order valence-corrected chi connectivity index (χ0v) is 13.4. The van der Waals surface area contributed by atoms with Crippen LogP contribution >= 0.6 is 0 Å². The highest BCUT2D eigenvalue weighted by atomic mass is 15.1. The molecule has 0 aliphatic carbocycles. The number of nitrogens with zero attached hydrogens (tertiary/aromatic N) is 4. The third-order valence-corrected chi connectivity index (χ3v) is 3.74. The number of nitrogens with one attached hydrogen (secondary N) is 2. The molecule has 0 saturated heterocycles. The van der Waals surface area contributed by atoms with Crippen molar-refractivity contribution in [3.05, 3.63) is 18.6 Å². The molecule has 0 unspecified atom stereocenters. The van der Waals surface area contributed by atoms with Gasteiger partial charge in [0.1, 0.15) is 5.82 Å². The number of rotatable bonds is 8. The SMILES string of the molecule is CNc1cn2ccnc2c(NCCCCN(C)C(C)C)n1. The Labute approximate surface area is 126 Å². The second-order valence-electron chi connectivity index (χ2n) is 5.59. The van der Waals surface area contributed by atoms with Gasteiger partial charge in [-0.3, -0.25) is 0 Å². The first-order valence-electron chi connectivity index (χ1n) is 7.57. The van der Waals surface area contributed by atoms with Crippen molar-refractivity contribution in [2.75, 3.05) is 37.8 Å². The predicted molar refractivity (Wildman–Crippen MR) is 88.0 cm³/mol. The van der Waals surface area contributed by atoms with E-state index < -0.39 is 0 Å². The highest BCUT2D eigenvalue weighted by Gasteiger charge is 2.06. The predicted octanol–water partition coefficient (Wildman–Crippen LogP) is 2.30. The van der Waals surface area contributed by atoms with E-state index >= 15 is 0 Å². The van der Waals surface area contributed by atoms with Crippen LogP contribution in [0.2, 0.25) is 0 Å². The number of aromatic nitrogens is 3. The van der Waals surface area contributed by atoms with Crippen LogP contribution in [0.25, 0.3) is 5.65 Å². The number of unbranched alkanes of at least 4 members (excludes halogenated alkanes) is 1. The Morgan fingerprint density at radius 2 is 2.14 bits per heavy atom. The van der Waals surface area contributed by atoms with Crippen LogP contribution < -0.4 is 10.6 Å². The summed E-state index contributed by atoms with van der Waals surface area (Å²) >= 11 is 0. The monoisotopic (exact) mass is 290 g/mol. The van der Waals surface area contributed by atoms with Crippen molar-refractivity contribution in [3.8, 4) is 0 Å². The maximum atomic E-state index is 4.54. The fraction of sp³-hybridized carbons (Fsp3) is 0.600. The minimum absolute atomic E-state index is 0.608. The topological polar surface area (TPSA) is 57.5 Å². The summed E-state index contributed by atoms with van der Waals surface area (Å²) in [4.78, 5) is 11.3. The quantitative estimate of drug-likeness (QED) is 0.731. The molecular formula is C15H26N6. The lowest BCUT2D eigenvalue weighted by Gasteiger charge is -2.20. The highest BCUT2D eigenvalue weighted by molar-refractivity contribution is 5.65. The minimum Gasteiger partial charge on any atom is -0.372 e. The van der Waals surface area contributed by atoms with Gasteiger partial charge in [-0.15, -0.1) is 0 Å². The number of hydrogen-bond acceptors (Lipinski definition) is 5. The molecule has 2 N–H and O–H groups in total. The molecule has 0 radical (unpaired) electrons. The van der Waals surface area contributed by atoms with Crippen LogP contribution in [0.4, 0.5) is 11.6 Å². The fourth-order valence-electron chi connectivity index (χ4n) is 2.12. The average molecular weight is 290 g/mol. The molecular weight excluding hydrogens is 264 g/mol. The summed E-state index contributed by atoms with van der Waals surface area (Å²) in [5.41, 5.74) is 0.869. The van der Waals surface area contributed by atoms with Gasteiger partial charge in [-0.25, -0.2) is 9.97 Å². The van der Waals surface area contributed by atoms with Crippen LogP contribution in [0.5, 0.6) is 0 Å². The van der Waals surface area contributed by atoms with E-state index in [9.17, 15) is 0 Å². The normalized spacial score (nSPS) is 11.5. The molecule has 21 heavy (non-hydrogen) atoms. The van der Waals surface area contributed by atoms with Crippen LogP contribution in [-0.2, 0) is 0 Å². The zero-order chi connectivity index (χ0) is 15.2. The van der Waals surface area contributed by atoms with Gasteiger partial charge >= 0.3 is 0 Å². The molecule has 0 amide bonds. The maximum absolute atomic E-state index is 4.54. The summed E-state index contributed by atoms with van der Waals surface area (Å²) in [5.74, 6) is 1.67. The third kappa shape index (κ3) is 4.07. The van der Waals surface area contributed by atoms with Crippen molar-refractivity contribution in [2.45, 2.75) is 32.7 Å². The second kappa shape index (κ2) is 7.26. The molecule has 0 atom stereocenters. The third-order valence-electron chi connectivity index (χ3n) is 3.74. The molecule has 0 aliphatic heterocycles. The number of hydrogen-bond donors (Lipinski definition) is 2. The highest BCUT2D eigenvalue weighted by Crippen LogP contribution is 2.16. The van der Waals surface area contributed by atoms with Gasteiger partial charge in [0, 0.05) is 32.0 Å². The van der Waals surface area contributed by atoms with E-state index in [1.54, 1.807) is 6.20 Å². The smallest absolute Gasteiger partial charge is 0.180 e. The Hall–Kier alpha value is -1.82. The Balaban J connectivity index is 1.87. The first-order chi connectivity index (χ1) is 10.1. The molecule has 6 heteroatoms. The molecule has 2 rings (SSSR count). The van der Waals surface area contributed by atoms with E-state index in [1.807, 2.05) is 23.8 Å². The second-order valence-corrected chi connectivity index (χ2v) is 5.59. The summed E-state index contributed by atoms with van der Waals surface area (Å²) in [6.45, 7) is 6.48. The van der Waals surface area contributed by atoms with E-state index in [1.165, 1.54) is 6.42 Å².